The topological polar surface area (TPSA) is 79.5 Å². The van der Waals surface area contributed by atoms with Crippen LogP contribution in [0.1, 0.15) is 35.3 Å². The quantitative estimate of drug-likeness (QED) is 0.646. The van der Waals surface area contributed by atoms with Crippen molar-refractivity contribution >= 4 is 22.9 Å². The lowest BCUT2D eigenvalue weighted by Gasteiger charge is -2.38. The van der Waals surface area contributed by atoms with Gasteiger partial charge in [0.1, 0.15) is 5.82 Å². The van der Waals surface area contributed by atoms with Gasteiger partial charge in [0.15, 0.2) is 0 Å². The maximum atomic E-state index is 13.4. The Morgan fingerprint density at radius 1 is 1.06 bits per heavy atom. The van der Waals surface area contributed by atoms with Gasteiger partial charge in [-0.2, -0.15) is 0 Å². The minimum atomic E-state index is -0.342. The molecule has 160 valence electrons. The standard InChI is InChI=1S/C23H23FN4O3/c1-14-20-18(13-19(25-21(20)31-26-14)15-5-7-17(24)8-6-15)23(30)28-11-9-27(10-12-28)22(29)16-3-2-4-16/h5-8,13,16H,2-4,9-12H2,1H3. The lowest BCUT2D eigenvalue weighted by Crippen LogP contribution is -2.52. The first-order chi connectivity index (χ1) is 15.0. The molecule has 1 saturated carbocycles. The van der Waals surface area contributed by atoms with Gasteiger partial charge in [-0.1, -0.05) is 11.6 Å². The van der Waals surface area contributed by atoms with Gasteiger partial charge in [-0.05, 0) is 50.1 Å². The van der Waals surface area contributed by atoms with Crippen LogP contribution in [0.2, 0.25) is 0 Å². The van der Waals surface area contributed by atoms with Crippen molar-refractivity contribution in [2.24, 2.45) is 5.92 Å². The fourth-order valence-electron chi connectivity index (χ4n) is 4.25. The second-order valence-corrected chi connectivity index (χ2v) is 8.26. The summed E-state index contributed by atoms with van der Waals surface area (Å²) in [6, 6.07) is 7.66. The Morgan fingerprint density at radius 3 is 2.39 bits per heavy atom. The lowest BCUT2D eigenvalue weighted by atomic mass is 9.84. The first-order valence-electron chi connectivity index (χ1n) is 10.6. The Balaban J connectivity index is 1.42. The predicted molar refractivity (Wildman–Crippen MR) is 112 cm³/mol. The van der Waals surface area contributed by atoms with E-state index in [1.54, 1.807) is 30.0 Å². The average Bonchev–Trinajstić information content (AvgIpc) is 3.13. The number of aromatic nitrogens is 2. The molecule has 2 aliphatic rings. The third-order valence-corrected chi connectivity index (χ3v) is 6.32. The normalized spacial score (nSPS) is 17.1. The van der Waals surface area contributed by atoms with Crippen molar-refractivity contribution in [3.05, 3.63) is 47.4 Å². The van der Waals surface area contributed by atoms with Crippen LogP contribution in [-0.4, -0.2) is 57.9 Å². The number of benzene rings is 1. The SMILES string of the molecule is Cc1noc2nc(-c3ccc(F)cc3)cc(C(=O)N3CCN(C(=O)C4CCC4)CC3)c12. The number of aryl methyl sites for hydroxylation is 1. The van der Waals surface area contributed by atoms with Crippen LogP contribution in [0, 0.1) is 18.7 Å². The van der Waals surface area contributed by atoms with Crippen LogP contribution in [0.5, 0.6) is 0 Å². The molecule has 2 amide bonds. The Morgan fingerprint density at radius 2 is 1.74 bits per heavy atom. The van der Waals surface area contributed by atoms with Crippen LogP contribution in [0.3, 0.4) is 0 Å². The second-order valence-electron chi connectivity index (χ2n) is 8.26. The van der Waals surface area contributed by atoms with Crippen LogP contribution in [0.15, 0.2) is 34.9 Å². The first kappa shape index (κ1) is 19.7. The van der Waals surface area contributed by atoms with E-state index < -0.39 is 0 Å². The van der Waals surface area contributed by atoms with Crippen LogP contribution in [-0.2, 0) is 4.79 Å². The van der Waals surface area contributed by atoms with Gasteiger partial charge in [-0.25, -0.2) is 9.37 Å². The third kappa shape index (κ3) is 3.56. The molecule has 8 heteroatoms. The Hall–Kier alpha value is -3.29. The largest absolute Gasteiger partial charge is 0.339 e. The fraction of sp³-hybridized carbons (Fsp3) is 0.391. The molecule has 0 spiro atoms. The molecule has 1 aromatic carbocycles. The molecular weight excluding hydrogens is 399 g/mol. The number of rotatable bonds is 3. The van der Waals surface area contributed by atoms with Crippen molar-refractivity contribution in [1.82, 2.24) is 19.9 Å². The van der Waals surface area contributed by atoms with Gasteiger partial charge in [-0.3, -0.25) is 9.59 Å². The van der Waals surface area contributed by atoms with Crippen molar-refractivity contribution < 1.29 is 18.5 Å². The Bertz CT molecular complexity index is 1150. The monoisotopic (exact) mass is 422 g/mol. The molecule has 2 aromatic heterocycles. The van der Waals surface area contributed by atoms with Crippen molar-refractivity contribution in [3.8, 4) is 11.3 Å². The van der Waals surface area contributed by atoms with E-state index in [-0.39, 0.29) is 29.3 Å². The number of carbonyl (C=O) groups excluding carboxylic acids is 2. The molecule has 0 radical (unpaired) electrons. The van der Waals surface area contributed by atoms with Gasteiger partial charge in [0.25, 0.3) is 11.6 Å². The van der Waals surface area contributed by atoms with E-state index in [9.17, 15) is 14.0 Å². The van der Waals surface area contributed by atoms with Crippen molar-refractivity contribution in [2.75, 3.05) is 26.2 Å². The van der Waals surface area contributed by atoms with Crippen LogP contribution in [0.4, 0.5) is 4.39 Å². The lowest BCUT2D eigenvalue weighted by molar-refractivity contribution is -0.139. The summed E-state index contributed by atoms with van der Waals surface area (Å²) >= 11 is 0. The highest BCUT2D eigenvalue weighted by molar-refractivity contribution is 6.07. The number of carbonyl (C=O) groups is 2. The van der Waals surface area contributed by atoms with E-state index in [0.717, 1.165) is 19.3 Å². The summed E-state index contributed by atoms with van der Waals surface area (Å²) in [6.45, 7) is 3.83. The predicted octanol–water partition coefficient (Wildman–Crippen LogP) is 3.42. The zero-order valence-electron chi connectivity index (χ0n) is 17.3. The zero-order chi connectivity index (χ0) is 21.5. The molecular formula is C23H23FN4O3. The van der Waals surface area contributed by atoms with E-state index in [0.29, 0.717) is 54.1 Å². The molecule has 0 atom stereocenters. The highest BCUT2D eigenvalue weighted by Crippen LogP contribution is 2.30. The van der Waals surface area contributed by atoms with Crippen LogP contribution >= 0.6 is 0 Å². The third-order valence-electron chi connectivity index (χ3n) is 6.32. The molecule has 1 saturated heterocycles. The molecule has 0 N–H and O–H groups in total. The maximum Gasteiger partial charge on any atom is 0.259 e. The van der Waals surface area contributed by atoms with E-state index in [1.807, 2.05) is 4.90 Å². The number of amides is 2. The first-order valence-corrected chi connectivity index (χ1v) is 10.6. The fourth-order valence-corrected chi connectivity index (χ4v) is 4.25. The Labute approximate surface area is 178 Å². The summed E-state index contributed by atoms with van der Waals surface area (Å²) in [5.41, 5.74) is 2.53. The summed E-state index contributed by atoms with van der Waals surface area (Å²) in [6.07, 6.45) is 3.08. The highest BCUT2D eigenvalue weighted by Gasteiger charge is 2.33. The van der Waals surface area contributed by atoms with Gasteiger partial charge >= 0.3 is 0 Å². The van der Waals surface area contributed by atoms with Crippen molar-refractivity contribution in [3.63, 3.8) is 0 Å². The average molecular weight is 422 g/mol. The minimum absolute atomic E-state index is 0.141. The smallest absolute Gasteiger partial charge is 0.259 e. The van der Waals surface area contributed by atoms with E-state index in [4.69, 9.17) is 4.52 Å². The number of pyridine rings is 1. The minimum Gasteiger partial charge on any atom is -0.339 e. The van der Waals surface area contributed by atoms with Gasteiger partial charge < -0.3 is 14.3 Å². The van der Waals surface area contributed by atoms with Crippen molar-refractivity contribution in [2.45, 2.75) is 26.2 Å². The number of piperazine rings is 1. The van der Waals surface area contributed by atoms with Crippen LogP contribution in [0.25, 0.3) is 22.4 Å². The maximum absolute atomic E-state index is 13.4. The summed E-state index contributed by atoms with van der Waals surface area (Å²) in [7, 11) is 0. The summed E-state index contributed by atoms with van der Waals surface area (Å²) in [4.78, 5) is 34.1. The summed E-state index contributed by atoms with van der Waals surface area (Å²) in [5, 5.41) is 4.57. The van der Waals surface area contributed by atoms with Gasteiger partial charge in [0.2, 0.25) is 5.91 Å². The molecule has 1 aliphatic heterocycles. The molecule has 5 rings (SSSR count). The summed E-state index contributed by atoms with van der Waals surface area (Å²) < 4.78 is 18.7. The zero-order valence-corrected chi connectivity index (χ0v) is 17.3. The number of nitrogens with zero attached hydrogens (tertiary/aromatic N) is 4. The number of hydrogen-bond acceptors (Lipinski definition) is 5. The summed E-state index contributed by atoms with van der Waals surface area (Å²) in [5.74, 6) is -0.0955. The van der Waals surface area contributed by atoms with Crippen LogP contribution < -0.4 is 0 Å². The number of fused-ring (bicyclic) bond motifs is 1. The van der Waals surface area contributed by atoms with Gasteiger partial charge in [0, 0.05) is 37.7 Å². The molecule has 3 aromatic rings. The number of halogens is 1. The molecule has 7 nitrogen and oxygen atoms in total. The highest BCUT2D eigenvalue weighted by atomic mass is 19.1. The molecule has 0 bridgehead atoms. The Kier molecular flexibility index (Phi) is 4.92. The second kappa shape index (κ2) is 7.76. The van der Waals surface area contributed by atoms with E-state index in [2.05, 4.69) is 10.1 Å². The van der Waals surface area contributed by atoms with Crippen molar-refractivity contribution in [1.29, 1.82) is 0 Å². The molecule has 31 heavy (non-hydrogen) atoms. The molecule has 3 heterocycles. The van der Waals surface area contributed by atoms with E-state index in [1.165, 1.54) is 12.1 Å². The molecule has 2 fully saturated rings. The number of hydrogen-bond donors (Lipinski definition) is 0. The molecule has 1 aliphatic carbocycles. The van der Waals surface area contributed by atoms with Gasteiger partial charge in [0.05, 0.1) is 22.3 Å². The van der Waals surface area contributed by atoms with Gasteiger partial charge in [-0.15, -0.1) is 0 Å². The molecule has 0 unspecified atom stereocenters. The van der Waals surface area contributed by atoms with E-state index >= 15 is 0 Å².